The van der Waals surface area contributed by atoms with Crippen LogP contribution in [0.2, 0.25) is 0 Å². The number of amides is 1. The summed E-state index contributed by atoms with van der Waals surface area (Å²) in [6.45, 7) is 0.921. The second kappa shape index (κ2) is 5.04. The Morgan fingerprint density at radius 1 is 1.11 bits per heavy atom. The fourth-order valence-corrected chi connectivity index (χ4v) is 4.54. The van der Waals surface area contributed by atoms with Crippen LogP contribution >= 0.6 is 12.2 Å². The SMILES string of the molecule is NC(=S)C1(C(=O)N2CCCC2C2CCCC2)CCC1. The number of likely N-dealkylation sites (tertiary alicyclic amines) is 1. The predicted molar refractivity (Wildman–Crippen MR) is 79.8 cm³/mol. The number of hydrogen-bond acceptors (Lipinski definition) is 2. The number of nitrogens with two attached hydrogens (primary N) is 1. The van der Waals surface area contributed by atoms with E-state index in [1.54, 1.807) is 0 Å². The third kappa shape index (κ3) is 2.08. The van der Waals surface area contributed by atoms with Gasteiger partial charge in [0.05, 0.1) is 10.4 Å². The molecule has 106 valence electrons. The molecule has 2 N–H and O–H groups in total. The van der Waals surface area contributed by atoms with Gasteiger partial charge in [0, 0.05) is 12.6 Å². The zero-order chi connectivity index (χ0) is 13.5. The molecule has 0 aromatic rings. The molecule has 3 fully saturated rings. The first-order valence-electron chi connectivity index (χ1n) is 7.76. The zero-order valence-corrected chi connectivity index (χ0v) is 12.4. The fourth-order valence-electron chi connectivity index (χ4n) is 4.25. The van der Waals surface area contributed by atoms with Crippen molar-refractivity contribution < 1.29 is 4.79 Å². The van der Waals surface area contributed by atoms with Crippen LogP contribution in [0.1, 0.15) is 57.8 Å². The van der Waals surface area contributed by atoms with E-state index in [1.807, 2.05) is 0 Å². The van der Waals surface area contributed by atoms with Gasteiger partial charge in [0.2, 0.25) is 5.91 Å². The molecule has 0 spiro atoms. The summed E-state index contributed by atoms with van der Waals surface area (Å²) in [6, 6.07) is 0.474. The number of hydrogen-bond donors (Lipinski definition) is 1. The van der Waals surface area contributed by atoms with E-state index in [1.165, 1.54) is 32.1 Å². The first-order chi connectivity index (χ1) is 9.15. The molecule has 2 aliphatic carbocycles. The zero-order valence-electron chi connectivity index (χ0n) is 11.6. The first-order valence-corrected chi connectivity index (χ1v) is 8.17. The lowest BCUT2D eigenvalue weighted by Gasteiger charge is -2.44. The van der Waals surface area contributed by atoms with Crippen LogP contribution in [0.25, 0.3) is 0 Å². The fraction of sp³-hybridized carbons (Fsp3) is 0.867. The Kier molecular flexibility index (Phi) is 3.54. The van der Waals surface area contributed by atoms with E-state index in [2.05, 4.69) is 4.90 Å². The Bertz CT molecular complexity index is 386. The van der Waals surface area contributed by atoms with Gasteiger partial charge in [-0.3, -0.25) is 4.79 Å². The number of carbonyl (C=O) groups is 1. The molecule has 3 rings (SSSR count). The number of carbonyl (C=O) groups excluding carboxylic acids is 1. The molecule has 1 heterocycles. The van der Waals surface area contributed by atoms with Gasteiger partial charge in [-0.1, -0.05) is 31.5 Å². The standard InChI is InChI=1S/C15H24N2OS/c16-13(19)15(8-4-9-15)14(18)17-10-3-7-12(17)11-5-1-2-6-11/h11-12H,1-10H2,(H2,16,19). The number of nitrogens with zero attached hydrogens (tertiary/aromatic N) is 1. The Morgan fingerprint density at radius 3 is 2.32 bits per heavy atom. The minimum atomic E-state index is -0.476. The molecule has 2 saturated carbocycles. The molecule has 0 aromatic carbocycles. The van der Waals surface area contributed by atoms with Crippen molar-refractivity contribution in [3.8, 4) is 0 Å². The number of rotatable bonds is 3. The summed E-state index contributed by atoms with van der Waals surface area (Å²) in [5.74, 6) is 0.982. The van der Waals surface area contributed by atoms with Gasteiger partial charge >= 0.3 is 0 Å². The minimum Gasteiger partial charge on any atom is -0.392 e. The van der Waals surface area contributed by atoms with Gasteiger partial charge in [-0.25, -0.2) is 0 Å². The van der Waals surface area contributed by atoms with E-state index in [9.17, 15) is 4.79 Å². The van der Waals surface area contributed by atoms with Gasteiger partial charge < -0.3 is 10.6 Å². The van der Waals surface area contributed by atoms with Crippen molar-refractivity contribution in [2.75, 3.05) is 6.54 Å². The number of thiocarbonyl (C=S) groups is 1. The van der Waals surface area contributed by atoms with Gasteiger partial charge in [0.15, 0.2) is 0 Å². The average Bonchev–Trinajstić information content (AvgIpc) is 2.97. The maximum absolute atomic E-state index is 12.9. The van der Waals surface area contributed by atoms with Crippen molar-refractivity contribution in [3.05, 3.63) is 0 Å². The normalized spacial score (nSPS) is 30.3. The first kappa shape index (κ1) is 13.3. The molecule has 1 atom stereocenters. The third-order valence-corrected chi connectivity index (χ3v) is 5.98. The summed E-state index contributed by atoms with van der Waals surface area (Å²) in [6.07, 6.45) is 10.4. The summed E-state index contributed by atoms with van der Waals surface area (Å²) < 4.78 is 0. The highest BCUT2D eigenvalue weighted by Crippen LogP contribution is 2.45. The summed E-state index contributed by atoms with van der Waals surface area (Å²) >= 11 is 5.20. The molecule has 0 radical (unpaired) electrons. The predicted octanol–water partition coefficient (Wildman–Crippen LogP) is 2.62. The lowest BCUT2D eigenvalue weighted by molar-refractivity contribution is -0.143. The van der Waals surface area contributed by atoms with Gasteiger partial charge in [0.1, 0.15) is 0 Å². The summed E-state index contributed by atoms with van der Waals surface area (Å²) in [5.41, 5.74) is 5.41. The van der Waals surface area contributed by atoms with Gasteiger partial charge in [-0.2, -0.15) is 0 Å². The summed E-state index contributed by atoms with van der Waals surface area (Å²) in [4.78, 5) is 15.5. The van der Waals surface area contributed by atoms with E-state index in [-0.39, 0.29) is 5.91 Å². The van der Waals surface area contributed by atoms with E-state index in [4.69, 9.17) is 18.0 Å². The lowest BCUT2D eigenvalue weighted by Crippen LogP contribution is -2.56. The van der Waals surface area contributed by atoms with Crippen LogP contribution in [-0.4, -0.2) is 28.4 Å². The Hall–Kier alpha value is -0.640. The Balaban J connectivity index is 1.76. The largest absolute Gasteiger partial charge is 0.392 e. The highest BCUT2D eigenvalue weighted by Gasteiger charge is 2.51. The third-order valence-electron chi connectivity index (χ3n) is 5.59. The molecule has 1 unspecified atom stereocenters. The van der Waals surface area contributed by atoms with Crippen molar-refractivity contribution in [2.45, 2.75) is 63.8 Å². The van der Waals surface area contributed by atoms with Crippen LogP contribution < -0.4 is 5.73 Å². The van der Waals surface area contributed by atoms with Crippen LogP contribution in [0, 0.1) is 11.3 Å². The maximum Gasteiger partial charge on any atom is 0.235 e. The van der Waals surface area contributed by atoms with E-state index in [0.717, 1.165) is 38.1 Å². The lowest BCUT2D eigenvalue weighted by atomic mass is 9.67. The van der Waals surface area contributed by atoms with E-state index >= 15 is 0 Å². The van der Waals surface area contributed by atoms with Crippen molar-refractivity contribution in [2.24, 2.45) is 17.1 Å². The van der Waals surface area contributed by atoms with Gasteiger partial charge in [0.25, 0.3) is 0 Å². The molecule has 1 amide bonds. The highest BCUT2D eigenvalue weighted by atomic mass is 32.1. The molecule has 3 nitrogen and oxygen atoms in total. The van der Waals surface area contributed by atoms with Crippen LogP contribution in [0.4, 0.5) is 0 Å². The van der Waals surface area contributed by atoms with Crippen molar-refractivity contribution in [3.63, 3.8) is 0 Å². The van der Waals surface area contributed by atoms with Crippen LogP contribution in [-0.2, 0) is 4.79 Å². The maximum atomic E-state index is 12.9. The molecule has 1 aliphatic heterocycles. The quantitative estimate of drug-likeness (QED) is 0.808. The van der Waals surface area contributed by atoms with Crippen LogP contribution in [0.5, 0.6) is 0 Å². The minimum absolute atomic E-state index is 0.251. The summed E-state index contributed by atoms with van der Waals surface area (Å²) in [7, 11) is 0. The van der Waals surface area contributed by atoms with E-state index < -0.39 is 5.41 Å². The Morgan fingerprint density at radius 2 is 1.79 bits per heavy atom. The van der Waals surface area contributed by atoms with Crippen LogP contribution in [0.15, 0.2) is 0 Å². The summed E-state index contributed by atoms with van der Waals surface area (Å²) in [5, 5.41) is 0. The monoisotopic (exact) mass is 280 g/mol. The second-order valence-electron chi connectivity index (χ2n) is 6.55. The van der Waals surface area contributed by atoms with E-state index in [0.29, 0.717) is 11.0 Å². The second-order valence-corrected chi connectivity index (χ2v) is 6.99. The highest BCUT2D eigenvalue weighted by molar-refractivity contribution is 7.80. The molecule has 19 heavy (non-hydrogen) atoms. The molecule has 1 saturated heterocycles. The Labute approximate surface area is 120 Å². The van der Waals surface area contributed by atoms with Crippen molar-refractivity contribution in [1.82, 2.24) is 4.90 Å². The smallest absolute Gasteiger partial charge is 0.235 e. The molecular weight excluding hydrogens is 256 g/mol. The van der Waals surface area contributed by atoms with Gasteiger partial charge in [-0.15, -0.1) is 0 Å². The van der Waals surface area contributed by atoms with Crippen molar-refractivity contribution in [1.29, 1.82) is 0 Å². The van der Waals surface area contributed by atoms with Gasteiger partial charge in [-0.05, 0) is 44.4 Å². The molecule has 0 aromatic heterocycles. The van der Waals surface area contributed by atoms with Crippen LogP contribution in [0.3, 0.4) is 0 Å². The molecule has 4 heteroatoms. The topological polar surface area (TPSA) is 46.3 Å². The molecule has 0 bridgehead atoms. The molecular formula is C15H24N2OS. The molecule has 3 aliphatic rings. The van der Waals surface area contributed by atoms with Crippen molar-refractivity contribution >= 4 is 23.1 Å². The average molecular weight is 280 g/mol.